The van der Waals surface area contributed by atoms with Gasteiger partial charge in [-0.2, -0.15) is 0 Å². The predicted octanol–water partition coefficient (Wildman–Crippen LogP) is 2.81. The molecule has 0 fully saturated rings. The lowest BCUT2D eigenvalue weighted by Gasteiger charge is -2.16. The number of aromatic carboxylic acids is 1. The lowest BCUT2D eigenvalue weighted by Crippen LogP contribution is -2.10. The first-order valence-electron chi connectivity index (χ1n) is 5.62. The fourth-order valence-electron chi connectivity index (χ4n) is 1.99. The van der Waals surface area contributed by atoms with Gasteiger partial charge in [0.05, 0.1) is 16.4 Å². The van der Waals surface area contributed by atoms with E-state index in [1.54, 1.807) is 18.4 Å². The molecule has 0 aliphatic heterocycles. The van der Waals surface area contributed by atoms with Gasteiger partial charge in [-0.15, -0.1) is 0 Å². The van der Waals surface area contributed by atoms with Crippen molar-refractivity contribution in [2.24, 2.45) is 0 Å². The van der Waals surface area contributed by atoms with E-state index in [4.69, 9.17) is 5.11 Å². The Morgan fingerprint density at radius 3 is 2.35 bits per heavy atom. The zero-order valence-electron chi connectivity index (χ0n) is 10.6. The minimum Gasteiger partial charge on any atom is -0.478 e. The van der Waals surface area contributed by atoms with Gasteiger partial charge >= 0.3 is 5.97 Å². The van der Waals surface area contributed by atoms with Gasteiger partial charge in [-0.1, -0.05) is 26.8 Å². The van der Waals surface area contributed by atoms with Crippen molar-refractivity contribution in [3.63, 3.8) is 0 Å². The summed E-state index contributed by atoms with van der Waals surface area (Å²) in [4.78, 5) is 11.8. The van der Waals surface area contributed by atoms with Crippen LogP contribution in [0.5, 0.6) is 0 Å². The molecule has 4 heteroatoms. The smallest absolute Gasteiger partial charge is 0.336 e. The van der Waals surface area contributed by atoms with Crippen LogP contribution in [-0.4, -0.2) is 21.5 Å². The van der Waals surface area contributed by atoms with E-state index in [0.717, 1.165) is 5.56 Å². The molecule has 0 saturated heterocycles. The topological polar surface area (TPSA) is 54.4 Å². The van der Waals surface area contributed by atoms with Crippen LogP contribution in [0.3, 0.4) is 0 Å². The molecule has 0 aliphatic rings. The molecule has 0 unspecified atom stereocenters. The van der Waals surface area contributed by atoms with Crippen LogP contribution in [0.2, 0.25) is 0 Å². The van der Waals surface area contributed by atoms with Crippen LogP contribution in [0, 0.1) is 0 Å². The number of carboxylic acids is 1. The van der Waals surface area contributed by atoms with Crippen LogP contribution in [0.4, 0.5) is 0 Å². The second-order valence-corrected chi connectivity index (χ2v) is 5.59. The minimum atomic E-state index is -1.16. The predicted molar refractivity (Wildman–Crippen MR) is 69.2 cm³/mol. The molecule has 0 spiro atoms. The molecular formula is C13H18O3S. The number of hydrogen-bond acceptors (Lipinski definition) is 2. The SMILES string of the molecule is CCc1c(C(=O)O)ccc(C(C)C)c1[S@](C)=O. The molecule has 1 aromatic rings. The molecule has 1 aromatic carbocycles. The van der Waals surface area contributed by atoms with E-state index in [0.29, 0.717) is 16.9 Å². The Balaban J connectivity index is 3.61. The van der Waals surface area contributed by atoms with E-state index in [1.165, 1.54) is 0 Å². The molecule has 1 N–H and O–H groups in total. The van der Waals surface area contributed by atoms with Crippen LogP contribution >= 0.6 is 0 Å². The molecule has 0 aliphatic carbocycles. The normalized spacial score (nSPS) is 12.8. The summed E-state index contributed by atoms with van der Waals surface area (Å²) in [5.74, 6) is -0.717. The molecule has 0 radical (unpaired) electrons. The molecule has 3 nitrogen and oxygen atoms in total. The Morgan fingerprint density at radius 1 is 1.41 bits per heavy atom. The molecular weight excluding hydrogens is 236 g/mol. The fraction of sp³-hybridized carbons (Fsp3) is 0.462. The first-order valence-corrected chi connectivity index (χ1v) is 7.18. The molecule has 1 atom stereocenters. The lowest BCUT2D eigenvalue weighted by molar-refractivity contribution is 0.0695. The Bertz CT molecular complexity index is 464. The standard InChI is InChI=1S/C13H18O3S/c1-5-9-11(13(14)15)7-6-10(8(2)3)12(9)17(4)16/h6-8H,5H2,1-4H3,(H,14,15)/t17-/m0/s1. The Kier molecular flexibility index (Phi) is 4.46. The monoisotopic (exact) mass is 254 g/mol. The Morgan fingerprint density at radius 2 is 2.00 bits per heavy atom. The van der Waals surface area contributed by atoms with Gasteiger partial charge in [-0.05, 0) is 29.5 Å². The van der Waals surface area contributed by atoms with Crippen molar-refractivity contribution in [3.05, 3.63) is 28.8 Å². The van der Waals surface area contributed by atoms with E-state index in [1.807, 2.05) is 20.8 Å². The largest absolute Gasteiger partial charge is 0.478 e. The average Bonchev–Trinajstić information content (AvgIpc) is 2.26. The maximum atomic E-state index is 11.8. The zero-order valence-corrected chi connectivity index (χ0v) is 11.4. The van der Waals surface area contributed by atoms with Crippen molar-refractivity contribution in [1.29, 1.82) is 0 Å². The van der Waals surface area contributed by atoms with Crippen molar-refractivity contribution in [2.45, 2.75) is 38.0 Å². The van der Waals surface area contributed by atoms with Gasteiger partial charge in [0.25, 0.3) is 0 Å². The van der Waals surface area contributed by atoms with Crippen molar-refractivity contribution < 1.29 is 14.1 Å². The third kappa shape index (κ3) is 2.75. The fourth-order valence-corrected chi connectivity index (χ4v) is 3.23. The summed E-state index contributed by atoms with van der Waals surface area (Å²) in [6, 6.07) is 3.40. The first-order chi connectivity index (χ1) is 7.90. The molecule has 0 heterocycles. The summed E-state index contributed by atoms with van der Waals surface area (Å²) < 4.78 is 11.8. The van der Waals surface area contributed by atoms with Gasteiger partial charge in [0.2, 0.25) is 0 Å². The molecule has 94 valence electrons. The Hall–Kier alpha value is -1.16. The number of rotatable bonds is 4. The van der Waals surface area contributed by atoms with Gasteiger partial charge < -0.3 is 5.11 Å². The summed E-state index contributed by atoms with van der Waals surface area (Å²) in [7, 11) is -1.16. The van der Waals surface area contributed by atoms with Crippen LogP contribution < -0.4 is 0 Å². The summed E-state index contributed by atoms with van der Waals surface area (Å²) in [6.45, 7) is 5.93. The average molecular weight is 254 g/mol. The maximum absolute atomic E-state index is 11.8. The van der Waals surface area contributed by atoms with Gasteiger partial charge in [-0.3, -0.25) is 4.21 Å². The second kappa shape index (κ2) is 5.45. The maximum Gasteiger partial charge on any atom is 0.336 e. The molecule has 0 bridgehead atoms. The van der Waals surface area contributed by atoms with E-state index in [-0.39, 0.29) is 11.5 Å². The number of carbonyl (C=O) groups is 1. The lowest BCUT2D eigenvalue weighted by atomic mass is 9.96. The van der Waals surface area contributed by atoms with Gasteiger partial charge in [0.1, 0.15) is 0 Å². The third-order valence-electron chi connectivity index (χ3n) is 2.78. The number of benzene rings is 1. The van der Waals surface area contributed by atoms with E-state index >= 15 is 0 Å². The zero-order chi connectivity index (χ0) is 13.2. The van der Waals surface area contributed by atoms with E-state index in [9.17, 15) is 9.00 Å². The van der Waals surface area contributed by atoms with Crippen LogP contribution in [-0.2, 0) is 17.2 Å². The summed E-state index contributed by atoms with van der Waals surface area (Å²) in [5, 5.41) is 9.13. The molecule has 17 heavy (non-hydrogen) atoms. The summed E-state index contributed by atoms with van der Waals surface area (Å²) in [5.41, 5.74) is 1.94. The molecule has 0 aromatic heterocycles. The first kappa shape index (κ1) is 13.9. The van der Waals surface area contributed by atoms with Crippen LogP contribution in [0.25, 0.3) is 0 Å². The van der Waals surface area contributed by atoms with Crippen LogP contribution in [0.1, 0.15) is 48.2 Å². The minimum absolute atomic E-state index is 0.238. The molecule has 0 amide bonds. The highest BCUT2D eigenvalue weighted by atomic mass is 32.2. The second-order valence-electron chi connectivity index (χ2n) is 4.28. The van der Waals surface area contributed by atoms with Crippen LogP contribution in [0.15, 0.2) is 17.0 Å². The summed E-state index contributed by atoms with van der Waals surface area (Å²) in [6.07, 6.45) is 2.18. The third-order valence-corrected chi connectivity index (χ3v) is 3.84. The van der Waals surface area contributed by atoms with Crippen molar-refractivity contribution in [3.8, 4) is 0 Å². The summed E-state index contributed by atoms with van der Waals surface area (Å²) >= 11 is 0. The van der Waals surface area contributed by atoms with E-state index < -0.39 is 16.8 Å². The van der Waals surface area contributed by atoms with E-state index in [2.05, 4.69) is 0 Å². The highest BCUT2D eigenvalue weighted by Gasteiger charge is 2.19. The highest BCUT2D eigenvalue weighted by molar-refractivity contribution is 7.84. The number of carboxylic acid groups (broad SMARTS) is 1. The highest BCUT2D eigenvalue weighted by Crippen LogP contribution is 2.28. The molecule has 1 rings (SSSR count). The van der Waals surface area contributed by atoms with Gasteiger partial charge in [-0.25, -0.2) is 4.79 Å². The van der Waals surface area contributed by atoms with Crippen molar-refractivity contribution in [2.75, 3.05) is 6.26 Å². The van der Waals surface area contributed by atoms with Gasteiger partial charge in [0.15, 0.2) is 0 Å². The van der Waals surface area contributed by atoms with Crippen molar-refractivity contribution in [1.82, 2.24) is 0 Å². The Labute approximate surface area is 104 Å². The number of hydrogen-bond donors (Lipinski definition) is 1. The van der Waals surface area contributed by atoms with Gasteiger partial charge in [0, 0.05) is 11.2 Å². The quantitative estimate of drug-likeness (QED) is 0.899. The molecule has 0 saturated carbocycles. The van der Waals surface area contributed by atoms with Crippen molar-refractivity contribution >= 4 is 16.8 Å².